The van der Waals surface area contributed by atoms with Crippen LogP contribution in [0.1, 0.15) is 32.3 Å². The fourth-order valence-electron chi connectivity index (χ4n) is 2.46. The van der Waals surface area contributed by atoms with Gasteiger partial charge in [-0.1, -0.05) is 35.9 Å². The Hall–Kier alpha value is -1.60. The third-order valence-corrected chi connectivity index (χ3v) is 5.23. The molecule has 0 saturated carbocycles. The van der Waals surface area contributed by atoms with E-state index in [2.05, 4.69) is 9.62 Å². The molecule has 7 heteroatoms. The molecule has 0 aromatic heterocycles. The number of benzene rings is 2. The highest BCUT2D eigenvalue weighted by Crippen LogP contribution is 2.26. The van der Waals surface area contributed by atoms with Crippen LogP contribution >= 0.6 is 23.5 Å². The molecule has 0 fully saturated rings. The molecule has 28 heavy (non-hydrogen) atoms. The third kappa shape index (κ3) is 8.61. The van der Waals surface area contributed by atoms with Crippen molar-refractivity contribution in [1.29, 1.82) is 0 Å². The summed E-state index contributed by atoms with van der Waals surface area (Å²) in [6, 6.07) is 14.8. The SMILES string of the molecule is CC(C)(N)CNC(=O)CCCN(Cc1ccc(Cl)c(F)c1)Sc1ccccc1. The molecule has 0 radical (unpaired) electrons. The summed E-state index contributed by atoms with van der Waals surface area (Å²) in [6.45, 7) is 5.42. The van der Waals surface area contributed by atoms with Gasteiger partial charge in [0.2, 0.25) is 5.91 Å². The molecule has 2 rings (SSSR count). The fourth-order valence-corrected chi connectivity index (χ4v) is 3.59. The molecule has 0 spiro atoms. The molecule has 0 bridgehead atoms. The van der Waals surface area contributed by atoms with E-state index in [1.807, 2.05) is 50.2 Å². The van der Waals surface area contributed by atoms with E-state index in [9.17, 15) is 9.18 Å². The Balaban J connectivity index is 1.94. The minimum atomic E-state index is -0.427. The maximum Gasteiger partial charge on any atom is 0.220 e. The van der Waals surface area contributed by atoms with Crippen LogP contribution in [0.4, 0.5) is 4.39 Å². The zero-order valence-corrected chi connectivity index (χ0v) is 17.8. The summed E-state index contributed by atoms with van der Waals surface area (Å²) in [7, 11) is 0. The van der Waals surface area contributed by atoms with Crippen molar-refractivity contribution in [3.63, 3.8) is 0 Å². The van der Waals surface area contributed by atoms with Crippen LogP contribution in [0.25, 0.3) is 0 Å². The maximum atomic E-state index is 13.8. The third-order valence-electron chi connectivity index (χ3n) is 3.87. The Bertz CT molecular complexity index is 768. The van der Waals surface area contributed by atoms with Crippen LogP contribution < -0.4 is 11.1 Å². The van der Waals surface area contributed by atoms with Crippen molar-refractivity contribution in [1.82, 2.24) is 9.62 Å². The minimum Gasteiger partial charge on any atom is -0.354 e. The molecule has 0 aliphatic heterocycles. The number of nitrogens with two attached hydrogens (primary N) is 1. The van der Waals surface area contributed by atoms with Gasteiger partial charge in [0.1, 0.15) is 5.82 Å². The van der Waals surface area contributed by atoms with Gasteiger partial charge in [-0.15, -0.1) is 0 Å². The average Bonchev–Trinajstić information content (AvgIpc) is 2.63. The first-order chi connectivity index (χ1) is 13.2. The van der Waals surface area contributed by atoms with Gasteiger partial charge in [0.25, 0.3) is 0 Å². The Kier molecular flexibility index (Phi) is 8.76. The molecule has 0 saturated heterocycles. The minimum absolute atomic E-state index is 0.0132. The maximum absolute atomic E-state index is 13.8. The van der Waals surface area contributed by atoms with Crippen LogP contribution in [-0.4, -0.2) is 28.8 Å². The van der Waals surface area contributed by atoms with Crippen LogP contribution in [0.2, 0.25) is 5.02 Å². The smallest absolute Gasteiger partial charge is 0.220 e. The van der Waals surface area contributed by atoms with Crippen LogP contribution in [-0.2, 0) is 11.3 Å². The Labute approximate surface area is 175 Å². The highest BCUT2D eigenvalue weighted by Gasteiger charge is 2.14. The number of halogens is 2. The van der Waals surface area contributed by atoms with Crippen molar-refractivity contribution in [2.24, 2.45) is 5.73 Å². The molecule has 0 aliphatic rings. The molecule has 0 heterocycles. The first-order valence-electron chi connectivity index (χ1n) is 9.20. The lowest BCUT2D eigenvalue weighted by Gasteiger charge is -2.22. The molecule has 0 atom stereocenters. The molecule has 3 N–H and O–H groups in total. The summed E-state index contributed by atoms with van der Waals surface area (Å²) >= 11 is 7.37. The monoisotopic (exact) mass is 423 g/mol. The summed E-state index contributed by atoms with van der Waals surface area (Å²) in [6.07, 6.45) is 1.10. The summed E-state index contributed by atoms with van der Waals surface area (Å²) in [5.41, 5.74) is 6.29. The topological polar surface area (TPSA) is 58.4 Å². The van der Waals surface area contributed by atoms with Crippen molar-refractivity contribution in [3.05, 3.63) is 64.9 Å². The van der Waals surface area contributed by atoms with Gasteiger partial charge < -0.3 is 11.1 Å². The first-order valence-corrected chi connectivity index (χ1v) is 10.4. The number of hydrogen-bond acceptors (Lipinski definition) is 4. The van der Waals surface area contributed by atoms with E-state index in [0.717, 1.165) is 10.5 Å². The molecular weight excluding hydrogens is 397 g/mol. The van der Waals surface area contributed by atoms with E-state index in [-0.39, 0.29) is 10.9 Å². The highest BCUT2D eigenvalue weighted by atomic mass is 35.5. The van der Waals surface area contributed by atoms with E-state index in [0.29, 0.717) is 32.5 Å². The van der Waals surface area contributed by atoms with Crippen LogP contribution in [0.3, 0.4) is 0 Å². The van der Waals surface area contributed by atoms with Crippen LogP contribution in [0, 0.1) is 5.82 Å². The van der Waals surface area contributed by atoms with E-state index in [1.54, 1.807) is 18.0 Å². The van der Waals surface area contributed by atoms with Gasteiger partial charge in [0.05, 0.1) is 5.02 Å². The van der Waals surface area contributed by atoms with Crippen molar-refractivity contribution in [2.45, 2.75) is 43.7 Å². The van der Waals surface area contributed by atoms with E-state index in [1.165, 1.54) is 6.07 Å². The lowest BCUT2D eigenvalue weighted by atomic mass is 10.1. The second-order valence-electron chi connectivity index (χ2n) is 7.39. The van der Waals surface area contributed by atoms with E-state index >= 15 is 0 Å². The number of nitrogens with zero attached hydrogens (tertiary/aromatic N) is 1. The van der Waals surface area contributed by atoms with Gasteiger partial charge in [-0.2, -0.15) is 0 Å². The van der Waals surface area contributed by atoms with Crippen molar-refractivity contribution >= 4 is 29.5 Å². The number of amides is 1. The molecule has 2 aromatic carbocycles. The first kappa shape index (κ1) is 22.7. The Morgan fingerprint density at radius 3 is 2.61 bits per heavy atom. The summed E-state index contributed by atoms with van der Waals surface area (Å²) < 4.78 is 15.9. The molecule has 0 unspecified atom stereocenters. The van der Waals surface area contributed by atoms with Gasteiger partial charge in [-0.3, -0.25) is 4.79 Å². The largest absolute Gasteiger partial charge is 0.354 e. The standard InChI is InChI=1S/C21H27ClFN3OS/c1-21(2,24)15-25-20(27)9-6-12-26(28-17-7-4-3-5-8-17)14-16-10-11-18(22)19(23)13-16/h3-5,7-8,10-11,13H,6,9,12,14-15,24H2,1-2H3,(H,25,27). The van der Waals surface area contributed by atoms with Crippen molar-refractivity contribution in [3.8, 4) is 0 Å². The van der Waals surface area contributed by atoms with Gasteiger partial charge in [0, 0.05) is 36.5 Å². The fraction of sp³-hybridized carbons (Fsp3) is 0.381. The second-order valence-corrected chi connectivity index (χ2v) is 8.96. The lowest BCUT2D eigenvalue weighted by molar-refractivity contribution is -0.121. The number of nitrogens with one attached hydrogen (secondary N) is 1. The predicted octanol–water partition coefficient (Wildman–Crippen LogP) is 4.62. The summed E-state index contributed by atoms with van der Waals surface area (Å²) in [5.74, 6) is -0.437. The molecular formula is C21H27ClFN3OS. The predicted molar refractivity (Wildman–Crippen MR) is 115 cm³/mol. The van der Waals surface area contributed by atoms with Gasteiger partial charge in [0.15, 0.2) is 0 Å². The molecule has 152 valence electrons. The summed E-state index contributed by atoms with van der Waals surface area (Å²) in [4.78, 5) is 13.1. The Morgan fingerprint density at radius 2 is 1.96 bits per heavy atom. The van der Waals surface area contributed by atoms with Crippen molar-refractivity contribution in [2.75, 3.05) is 13.1 Å². The summed E-state index contributed by atoms with van der Waals surface area (Å²) in [5, 5.41) is 2.97. The van der Waals surface area contributed by atoms with Gasteiger partial charge in [-0.05, 0) is 62.0 Å². The van der Waals surface area contributed by atoms with Crippen LogP contribution in [0.5, 0.6) is 0 Å². The highest BCUT2D eigenvalue weighted by molar-refractivity contribution is 7.97. The lowest BCUT2D eigenvalue weighted by Crippen LogP contribution is -2.45. The van der Waals surface area contributed by atoms with Gasteiger partial charge >= 0.3 is 0 Å². The van der Waals surface area contributed by atoms with Crippen molar-refractivity contribution < 1.29 is 9.18 Å². The number of hydrogen-bond donors (Lipinski definition) is 2. The normalized spacial score (nSPS) is 11.6. The van der Waals surface area contributed by atoms with Crippen LogP contribution in [0.15, 0.2) is 53.4 Å². The second kappa shape index (κ2) is 10.8. The van der Waals surface area contributed by atoms with Gasteiger partial charge in [-0.25, -0.2) is 8.70 Å². The zero-order chi connectivity index (χ0) is 20.6. The Morgan fingerprint density at radius 1 is 1.25 bits per heavy atom. The average molecular weight is 424 g/mol. The molecule has 0 aliphatic carbocycles. The molecule has 1 amide bonds. The molecule has 4 nitrogen and oxygen atoms in total. The zero-order valence-electron chi connectivity index (χ0n) is 16.3. The van der Waals surface area contributed by atoms with E-state index < -0.39 is 11.4 Å². The quantitative estimate of drug-likeness (QED) is 0.547. The molecule has 2 aromatic rings. The number of carbonyl (C=O) groups is 1. The number of rotatable bonds is 10. The number of carbonyl (C=O) groups excluding carboxylic acids is 1. The van der Waals surface area contributed by atoms with E-state index in [4.69, 9.17) is 17.3 Å².